The number of aromatic nitrogens is 3. The number of carbonyl (C=O) groups is 1. The zero-order valence-electron chi connectivity index (χ0n) is 11.6. The van der Waals surface area contributed by atoms with Crippen molar-refractivity contribution < 1.29 is 9.53 Å². The molecule has 6 nitrogen and oxygen atoms in total. The molecule has 0 aliphatic heterocycles. The Kier molecular flexibility index (Phi) is 4.20. The van der Waals surface area contributed by atoms with E-state index in [2.05, 4.69) is 15.5 Å². The third kappa shape index (κ3) is 3.35. The lowest BCUT2D eigenvalue weighted by Gasteiger charge is -2.07. The van der Waals surface area contributed by atoms with Crippen LogP contribution in [0.5, 0.6) is 5.75 Å². The van der Waals surface area contributed by atoms with E-state index in [-0.39, 0.29) is 19.1 Å². The second kappa shape index (κ2) is 6.44. The van der Waals surface area contributed by atoms with Gasteiger partial charge in [-0.15, -0.1) is 10.2 Å². The number of fused-ring (bicyclic) bond motifs is 1. The number of pyridine rings is 1. The summed E-state index contributed by atoms with van der Waals surface area (Å²) in [7, 11) is 0. The minimum Gasteiger partial charge on any atom is -0.484 e. The van der Waals surface area contributed by atoms with Crippen LogP contribution in [0.25, 0.3) is 5.65 Å². The third-order valence-corrected chi connectivity index (χ3v) is 3.23. The smallest absolute Gasteiger partial charge is 0.258 e. The summed E-state index contributed by atoms with van der Waals surface area (Å²) in [6.45, 7) is 0.194. The highest BCUT2D eigenvalue weighted by Gasteiger charge is 2.07. The molecule has 0 aliphatic rings. The van der Waals surface area contributed by atoms with Gasteiger partial charge < -0.3 is 10.1 Å². The topological polar surface area (TPSA) is 68.5 Å². The third-order valence-electron chi connectivity index (χ3n) is 2.99. The summed E-state index contributed by atoms with van der Waals surface area (Å²) in [6, 6.07) is 12.5. The van der Waals surface area contributed by atoms with Gasteiger partial charge in [0.15, 0.2) is 18.1 Å². The molecule has 0 unspecified atom stereocenters. The first-order valence-corrected chi connectivity index (χ1v) is 7.04. The van der Waals surface area contributed by atoms with Gasteiger partial charge in [0.1, 0.15) is 5.75 Å². The Morgan fingerprint density at radius 1 is 1.23 bits per heavy atom. The largest absolute Gasteiger partial charge is 0.484 e. The number of nitrogens with one attached hydrogen (secondary N) is 1. The summed E-state index contributed by atoms with van der Waals surface area (Å²) in [5, 5.41) is 11.4. The zero-order chi connectivity index (χ0) is 15.4. The van der Waals surface area contributed by atoms with E-state index >= 15 is 0 Å². The summed E-state index contributed by atoms with van der Waals surface area (Å²) in [6.07, 6.45) is 1.85. The van der Waals surface area contributed by atoms with Crippen molar-refractivity contribution in [2.45, 2.75) is 6.54 Å². The molecule has 0 saturated carbocycles. The van der Waals surface area contributed by atoms with E-state index in [0.29, 0.717) is 16.6 Å². The second-order valence-corrected chi connectivity index (χ2v) is 5.00. The molecule has 3 aromatic rings. The van der Waals surface area contributed by atoms with Crippen molar-refractivity contribution in [1.82, 2.24) is 19.9 Å². The maximum atomic E-state index is 11.8. The van der Waals surface area contributed by atoms with Crippen LogP contribution in [0.3, 0.4) is 0 Å². The van der Waals surface area contributed by atoms with E-state index in [1.54, 1.807) is 24.3 Å². The summed E-state index contributed by atoms with van der Waals surface area (Å²) in [5.41, 5.74) is 0.738. The number of ether oxygens (including phenoxy) is 1. The Morgan fingerprint density at radius 3 is 3.00 bits per heavy atom. The molecule has 2 aromatic heterocycles. The molecule has 0 bridgehead atoms. The molecule has 1 aromatic carbocycles. The van der Waals surface area contributed by atoms with Gasteiger partial charge in [-0.3, -0.25) is 9.20 Å². The number of rotatable bonds is 5. The Balaban J connectivity index is 1.54. The summed E-state index contributed by atoms with van der Waals surface area (Å²) < 4.78 is 7.18. The lowest BCUT2D eigenvalue weighted by Crippen LogP contribution is -2.29. The Hall–Kier alpha value is -2.60. The van der Waals surface area contributed by atoms with E-state index < -0.39 is 0 Å². The highest BCUT2D eigenvalue weighted by Crippen LogP contribution is 2.16. The van der Waals surface area contributed by atoms with Crippen LogP contribution in [0.4, 0.5) is 0 Å². The Morgan fingerprint density at radius 2 is 2.14 bits per heavy atom. The first kappa shape index (κ1) is 14.3. The van der Waals surface area contributed by atoms with Crippen LogP contribution >= 0.6 is 11.6 Å². The number of amides is 1. The van der Waals surface area contributed by atoms with Crippen molar-refractivity contribution in [3.63, 3.8) is 0 Å². The molecule has 1 N–H and O–H groups in total. The molecule has 0 spiro atoms. The molecule has 0 saturated heterocycles. The van der Waals surface area contributed by atoms with Crippen molar-refractivity contribution in [2.24, 2.45) is 0 Å². The SMILES string of the molecule is O=C(COc1cccc(Cl)c1)NCc1nnc2ccccn12. The molecule has 7 heteroatoms. The molecule has 1 amide bonds. The second-order valence-electron chi connectivity index (χ2n) is 4.57. The predicted octanol–water partition coefficient (Wildman–Crippen LogP) is 2.08. The van der Waals surface area contributed by atoms with Gasteiger partial charge in [-0.1, -0.05) is 23.7 Å². The number of hydrogen-bond donors (Lipinski definition) is 1. The van der Waals surface area contributed by atoms with Crippen molar-refractivity contribution >= 4 is 23.2 Å². The van der Waals surface area contributed by atoms with Crippen LogP contribution in [0.2, 0.25) is 5.02 Å². The van der Waals surface area contributed by atoms with E-state index in [9.17, 15) is 4.79 Å². The van der Waals surface area contributed by atoms with Crippen molar-refractivity contribution in [2.75, 3.05) is 6.61 Å². The fraction of sp³-hybridized carbons (Fsp3) is 0.133. The monoisotopic (exact) mass is 316 g/mol. The minimum absolute atomic E-state index is 0.0862. The van der Waals surface area contributed by atoms with Gasteiger partial charge in [0.25, 0.3) is 5.91 Å². The molecule has 112 valence electrons. The maximum Gasteiger partial charge on any atom is 0.258 e. The summed E-state index contributed by atoms with van der Waals surface area (Å²) >= 11 is 5.85. The Labute approximate surface area is 131 Å². The zero-order valence-corrected chi connectivity index (χ0v) is 12.3. The molecular weight excluding hydrogens is 304 g/mol. The van der Waals surface area contributed by atoms with Crippen LogP contribution in [0.15, 0.2) is 48.7 Å². The summed E-state index contributed by atoms with van der Waals surface area (Å²) in [5.74, 6) is 0.968. The van der Waals surface area contributed by atoms with Crippen molar-refractivity contribution in [3.05, 3.63) is 59.5 Å². The Bertz CT molecular complexity index is 803. The number of nitrogens with zero attached hydrogens (tertiary/aromatic N) is 3. The number of benzene rings is 1. The quantitative estimate of drug-likeness (QED) is 0.782. The van der Waals surface area contributed by atoms with E-state index in [4.69, 9.17) is 16.3 Å². The fourth-order valence-corrected chi connectivity index (χ4v) is 2.13. The number of halogens is 1. The van der Waals surface area contributed by atoms with Crippen LogP contribution in [-0.2, 0) is 11.3 Å². The molecule has 2 heterocycles. The van der Waals surface area contributed by atoms with Crippen LogP contribution in [0, 0.1) is 0 Å². The standard InChI is InChI=1S/C15H13ClN4O2/c16-11-4-3-5-12(8-11)22-10-15(21)17-9-14-19-18-13-6-1-2-7-20(13)14/h1-8H,9-10H2,(H,17,21). The lowest BCUT2D eigenvalue weighted by atomic mass is 10.3. The van der Waals surface area contributed by atoms with Gasteiger partial charge in [0, 0.05) is 11.2 Å². The molecule has 0 aliphatic carbocycles. The van der Waals surface area contributed by atoms with Gasteiger partial charge in [0.2, 0.25) is 0 Å². The first-order valence-electron chi connectivity index (χ1n) is 6.66. The highest BCUT2D eigenvalue weighted by atomic mass is 35.5. The molecule has 0 radical (unpaired) electrons. The van der Waals surface area contributed by atoms with Crippen LogP contribution in [0.1, 0.15) is 5.82 Å². The highest BCUT2D eigenvalue weighted by molar-refractivity contribution is 6.30. The lowest BCUT2D eigenvalue weighted by molar-refractivity contribution is -0.123. The minimum atomic E-state index is -0.243. The van der Waals surface area contributed by atoms with Gasteiger partial charge >= 0.3 is 0 Å². The number of carbonyl (C=O) groups excluding carboxylic acids is 1. The molecule has 22 heavy (non-hydrogen) atoms. The van der Waals surface area contributed by atoms with E-state index in [1.165, 1.54) is 0 Å². The van der Waals surface area contributed by atoms with Gasteiger partial charge in [0.05, 0.1) is 6.54 Å². The van der Waals surface area contributed by atoms with Gasteiger partial charge in [-0.05, 0) is 30.3 Å². The van der Waals surface area contributed by atoms with Gasteiger partial charge in [-0.25, -0.2) is 0 Å². The fourth-order valence-electron chi connectivity index (χ4n) is 1.95. The average molecular weight is 317 g/mol. The molecule has 3 rings (SSSR count). The molecule has 0 fully saturated rings. The molecular formula is C15H13ClN4O2. The van der Waals surface area contributed by atoms with Gasteiger partial charge in [-0.2, -0.15) is 0 Å². The number of hydrogen-bond acceptors (Lipinski definition) is 4. The van der Waals surface area contributed by atoms with Crippen molar-refractivity contribution in [1.29, 1.82) is 0 Å². The maximum absolute atomic E-state index is 11.8. The van der Waals surface area contributed by atoms with Crippen LogP contribution < -0.4 is 10.1 Å². The normalized spacial score (nSPS) is 10.6. The molecule has 0 atom stereocenters. The predicted molar refractivity (Wildman–Crippen MR) is 81.8 cm³/mol. The summed E-state index contributed by atoms with van der Waals surface area (Å²) in [4.78, 5) is 11.8. The van der Waals surface area contributed by atoms with E-state index in [1.807, 2.05) is 28.8 Å². The average Bonchev–Trinajstić information content (AvgIpc) is 2.94. The van der Waals surface area contributed by atoms with E-state index in [0.717, 1.165) is 5.65 Å². The van der Waals surface area contributed by atoms with Crippen molar-refractivity contribution in [3.8, 4) is 5.75 Å². The van der Waals surface area contributed by atoms with Crippen LogP contribution in [-0.4, -0.2) is 27.1 Å². The first-order chi connectivity index (χ1) is 10.7.